The molecule has 0 spiro atoms. The highest BCUT2D eigenvalue weighted by atomic mass is 15.1. The highest BCUT2D eigenvalue weighted by Crippen LogP contribution is 2.34. The van der Waals surface area contributed by atoms with E-state index in [0.29, 0.717) is 10.8 Å². The minimum absolute atomic E-state index is 0.311. The third kappa shape index (κ3) is 4.06. The molecule has 2 heteroatoms. The second-order valence-corrected chi connectivity index (χ2v) is 6.62. The van der Waals surface area contributed by atoms with Crippen LogP contribution in [0.3, 0.4) is 0 Å². The number of nitrogens with two attached hydrogens (primary N) is 1. The molecule has 0 amide bonds. The van der Waals surface area contributed by atoms with Gasteiger partial charge in [-0.1, -0.05) is 34.1 Å². The van der Waals surface area contributed by atoms with Crippen LogP contribution in [0.4, 0.5) is 0 Å². The SMILES string of the molecule is CCC1(C)CCN(CCC(C)(C)CN)CC1. The van der Waals surface area contributed by atoms with Crippen molar-refractivity contribution in [2.75, 3.05) is 26.2 Å². The van der Waals surface area contributed by atoms with Crippen molar-refractivity contribution in [3.63, 3.8) is 0 Å². The molecule has 0 aromatic heterocycles. The number of likely N-dealkylation sites (tertiary alicyclic amines) is 1. The van der Waals surface area contributed by atoms with Crippen molar-refractivity contribution < 1.29 is 0 Å². The fourth-order valence-electron chi connectivity index (χ4n) is 2.23. The van der Waals surface area contributed by atoms with E-state index in [9.17, 15) is 0 Å². The highest BCUT2D eigenvalue weighted by Gasteiger charge is 2.28. The number of rotatable bonds is 5. The molecule has 0 bridgehead atoms. The van der Waals surface area contributed by atoms with Gasteiger partial charge in [0.2, 0.25) is 0 Å². The van der Waals surface area contributed by atoms with Crippen LogP contribution in [0.5, 0.6) is 0 Å². The number of nitrogens with zero attached hydrogens (tertiary/aromatic N) is 1. The summed E-state index contributed by atoms with van der Waals surface area (Å²) >= 11 is 0. The molecule has 16 heavy (non-hydrogen) atoms. The van der Waals surface area contributed by atoms with Crippen molar-refractivity contribution in [1.82, 2.24) is 4.90 Å². The first kappa shape index (κ1) is 14.0. The Morgan fingerprint density at radius 1 is 1.25 bits per heavy atom. The Kier molecular flexibility index (Phi) is 4.81. The van der Waals surface area contributed by atoms with Crippen molar-refractivity contribution >= 4 is 0 Å². The molecule has 1 aliphatic rings. The van der Waals surface area contributed by atoms with Crippen LogP contribution in [-0.2, 0) is 0 Å². The molecule has 2 N–H and O–H groups in total. The lowest BCUT2D eigenvalue weighted by Crippen LogP contribution is -2.40. The van der Waals surface area contributed by atoms with Gasteiger partial charge in [-0.05, 0) is 56.3 Å². The average molecular weight is 226 g/mol. The van der Waals surface area contributed by atoms with Gasteiger partial charge in [-0.15, -0.1) is 0 Å². The van der Waals surface area contributed by atoms with Gasteiger partial charge in [0.1, 0.15) is 0 Å². The molecule has 1 rings (SSSR count). The summed E-state index contributed by atoms with van der Waals surface area (Å²) in [6.45, 7) is 13.9. The number of hydrogen-bond acceptors (Lipinski definition) is 2. The molecule has 1 aliphatic heterocycles. The molecule has 96 valence electrons. The first-order valence-corrected chi connectivity index (χ1v) is 6.83. The maximum atomic E-state index is 5.77. The molecule has 0 atom stereocenters. The Hall–Kier alpha value is -0.0800. The summed E-state index contributed by atoms with van der Waals surface area (Å²) in [4.78, 5) is 2.62. The molecule has 0 aliphatic carbocycles. The van der Waals surface area contributed by atoms with E-state index in [1.165, 1.54) is 45.3 Å². The van der Waals surface area contributed by atoms with Crippen LogP contribution in [0.15, 0.2) is 0 Å². The number of piperidine rings is 1. The van der Waals surface area contributed by atoms with Gasteiger partial charge >= 0.3 is 0 Å². The predicted octanol–water partition coefficient (Wildman–Crippen LogP) is 2.87. The lowest BCUT2D eigenvalue weighted by molar-refractivity contribution is 0.104. The average Bonchev–Trinajstić information content (AvgIpc) is 2.29. The second-order valence-electron chi connectivity index (χ2n) is 6.62. The van der Waals surface area contributed by atoms with E-state index in [4.69, 9.17) is 5.73 Å². The first-order valence-electron chi connectivity index (χ1n) is 6.83. The molecule has 1 saturated heterocycles. The Balaban J connectivity index is 2.28. The summed E-state index contributed by atoms with van der Waals surface area (Å²) in [6, 6.07) is 0. The molecule has 0 saturated carbocycles. The van der Waals surface area contributed by atoms with Crippen LogP contribution in [0.1, 0.15) is 53.4 Å². The molecule has 0 radical (unpaired) electrons. The van der Waals surface area contributed by atoms with Crippen molar-refractivity contribution in [3.05, 3.63) is 0 Å². The van der Waals surface area contributed by atoms with Gasteiger partial charge in [-0.2, -0.15) is 0 Å². The van der Waals surface area contributed by atoms with E-state index in [2.05, 4.69) is 32.6 Å². The molecular weight excluding hydrogens is 196 g/mol. The Labute approximate surface area is 102 Å². The quantitative estimate of drug-likeness (QED) is 0.781. The van der Waals surface area contributed by atoms with Crippen molar-refractivity contribution in [1.29, 1.82) is 0 Å². The minimum atomic E-state index is 0.311. The van der Waals surface area contributed by atoms with Crippen molar-refractivity contribution in [2.45, 2.75) is 53.4 Å². The summed E-state index contributed by atoms with van der Waals surface area (Å²) < 4.78 is 0. The summed E-state index contributed by atoms with van der Waals surface area (Å²) in [5.41, 5.74) is 6.69. The predicted molar refractivity (Wildman–Crippen MR) is 71.5 cm³/mol. The van der Waals surface area contributed by atoms with E-state index >= 15 is 0 Å². The van der Waals surface area contributed by atoms with Gasteiger partial charge in [0.15, 0.2) is 0 Å². The van der Waals surface area contributed by atoms with Gasteiger partial charge in [-0.3, -0.25) is 0 Å². The van der Waals surface area contributed by atoms with Crippen molar-refractivity contribution in [2.24, 2.45) is 16.6 Å². The maximum Gasteiger partial charge on any atom is -0.00132 e. The molecule has 0 aromatic rings. The smallest absolute Gasteiger partial charge is 0.00132 e. The second kappa shape index (κ2) is 5.50. The van der Waals surface area contributed by atoms with Crippen molar-refractivity contribution in [3.8, 4) is 0 Å². The van der Waals surface area contributed by atoms with Crippen LogP contribution in [0.25, 0.3) is 0 Å². The third-order valence-electron chi connectivity index (χ3n) is 4.57. The van der Waals surface area contributed by atoms with Crippen LogP contribution in [0.2, 0.25) is 0 Å². The standard InChI is InChI=1S/C14H30N2/c1-5-14(4)7-10-16(11-8-14)9-6-13(2,3)12-15/h5-12,15H2,1-4H3. The van der Waals surface area contributed by atoms with E-state index in [1.807, 2.05) is 0 Å². The van der Waals surface area contributed by atoms with Gasteiger partial charge in [0.05, 0.1) is 0 Å². The number of hydrogen-bond donors (Lipinski definition) is 1. The van der Waals surface area contributed by atoms with Gasteiger partial charge in [-0.25, -0.2) is 0 Å². The zero-order chi connectivity index (χ0) is 12.2. The lowest BCUT2D eigenvalue weighted by atomic mass is 9.78. The largest absolute Gasteiger partial charge is 0.330 e. The summed E-state index contributed by atoms with van der Waals surface area (Å²) in [5.74, 6) is 0. The highest BCUT2D eigenvalue weighted by molar-refractivity contribution is 4.82. The van der Waals surface area contributed by atoms with E-state index in [-0.39, 0.29) is 0 Å². The Morgan fingerprint density at radius 3 is 2.25 bits per heavy atom. The zero-order valence-electron chi connectivity index (χ0n) is 11.7. The summed E-state index contributed by atoms with van der Waals surface area (Å²) in [6.07, 6.45) is 5.29. The first-order chi connectivity index (χ1) is 7.41. The van der Waals surface area contributed by atoms with Crippen LogP contribution >= 0.6 is 0 Å². The maximum absolute atomic E-state index is 5.77. The summed E-state index contributed by atoms with van der Waals surface area (Å²) in [7, 11) is 0. The van der Waals surface area contributed by atoms with E-state index in [1.54, 1.807) is 0 Å². The van der Waals surface area contributed by atoms with Crippen LogP contribution in [-0.4, -0.2) is 31.1 Å². The molecule has 1 fully saturated rings. The summed E-state index contributed by atoms with van der Waals surface area (Å²) in [5, 5.41) is 0. The monoisotopic (exact) mass is 226 g/mol. The lowest BCUT2D eigenvalue weighted by Gasteiger charge is -2.40. The van der Waals surface area contributed by atoms with Gasteiger partial charge in [0.25, 0.3) is 0 Å². The van der Waals surface area contributed by atoms with Crippen LogP contribution in [0, 0.1) is 10.8 Å². The fraction of sp³-hybridized carbons (Fsp3) is 1.00. The van der Waals surface area contributed by atoms with E-state index < -0.39 is 0 Å². The molecule has 2 nitrogen and oxygen atoms in total. The Bertz CT molecular complexity index is 203. The molecular formula is C14H30N2. The topological polar surface area (TPSA) is 29.3 Å². The van der Waals surface area contributed by atoms with Gasteiger partial charge < -0.3 is 10.6 Å². The fourth-order valence-corrected chi connectivity index (χ4v) is 2.23. The Morgan fingerprint density at radius 2 is 1.81 bits per heavy atom. The molecule has 1 heterocycles. The zero-order valence-corrected chi connectivity index (χ0v) is 11.7. The third-order valence-corrected chi connectivity index (χ3v) is 4.57. The van der Waals surface area contributed by atoms with Gasteiger partial charge in [0, 0.05) is 0 Å². The molecule has 0 aromatic carbocycles. The minimum Gasteiger partial charge on any atom is -0.330 e. The van der Waals surface area contributed by atoms with E-state index in [0.717, 1.165) is 6.54 Å². The normalized spacial score (nSPS) is 22.3. The molecule has 0 unspecified atom stereocenters. The van der Waals surface area contributed by atoms with Crippen LogP contribution < -0.4 is 5.73 Å².